The maximum atomic E-state index is 10.9. The average molecular weight is 262 g/mol. The van der Waals surface area contributed by atoms with E-state index in [1.807, 2.05) is 32.0 Å². The Morgan fingerprint density at radius 1 is 1.42 bits per heavy atom. The fourth-order valence-corrected chi connectivity index (χ4v) is 2.02. The van der Waals surface area contributed by atoms with Gasteiger partial charge in [0.05, 0.1) is 6.61 Å². The van der Waals surface area contributed by atoms with E-state index in [2.05, 4.69) is 13.8 Å². The second-order valence-electron chi connectivity index (χ2n) is 5.02. The number of allylic oxidation sites excluding steroid dienone is 1. The first-order valence-corrected chi connectivity index (χ1v) is 6.61. The molecule has 1 aromatic carbocycles. The van der Waals surface area contributed by atoms with Crippen LogP contribution in [0.25, 0.3) is 5.57 Å². The smallest absolute Gasteiger partial charge is 0.328 e. The Morgan fingerprint density at radius 2 is 2.11 bits per heavy atom. The van der Waals surface area contributed by atoms with Crippen molar-refractivity contribution in [3.05, 3.63) is 35.4 Å². The first kappa shape index (κ1) is 15.3. The highest BCUT2D eigenvalue weighted by Gasteiger charge is 2.09. The van der Waals surface area contributed by atoms with Crippen LogP contribution in [0, 0.1) is 12.8 Å². The summed E-state index contributed by atoms with van der Waals surface area (Å²) in [7, 11) is 0. The van der Waals surface area contributed by atoms with Crippen LogP contribution in [0.2, 0.25) is 0 Å². The molecule has 1 rings (SSSR count). The third-order valence-corrected chi connectivity index (χ3v) is 2.77. The van der Waals surface area contributed by atoms with Crippen LogP contribution in [-0.2, 0) is 4.79 Å². The lowest BCUT2D eigenvalue weighted by Gasteiger charge is -2.13. The van der Waals surface area contributed by atoms with Gasteiger partial charge in [0.25, 0.3) is 0 Å². The molecular formula is C16H22O3. The van der Waals surface area contributed by atoms with Crippen molar-refractivity contribution in [2.45, 2.75) is 34.1 Å². The van der Waals surface area contributed by atoms with Crippen LogP contribution in [0.1, 0.15) is 38.3 Å². The number of rotatable bonds is 6. The Labute approximate surface area is 114 Å². The SMILES string of the molecule is CCOc1ccc(/C(=C/C(=O)O)CC(C)C)cc1C. The Kier molecular flexibility index (Phi) is 5.61. The lowest BCUT2D eigenvalue weighted by atomic mass is 9.95. The molecule has 0 saturated carbocycles. The van der Waals surface area contributed by atoms with Gasteiger partial charge in [-0.2, -0.15) is 0 Å². The van der Waals surface area contributed by atoms with Gasteiger partial charge < -0.3 is 9.84 Å². The number of aliphatic carboxylic acids is 1. The van der Waals surface area contributed by atoms with Crippen molar-refractivity contribution in [3.8, 4) is 5.75 Å². The zero-order valence-electron chi connectivity index (χ0n) is 12.1. The summed E-state index contributed by atoms with van der Waals surface area (Å²) in [6.07, 6.45) is 2.05. The van der Waals surface area contributed by atoms with Gasteiger partial charge in [-0.05, 0) is 55.0 Å². The molecule has 0 aliphatic heterocycles. The summed E-state index contributed by atoms with van der Waals surface area (Å²) in [6.45, 7) is 8.71. The fourth-order valence-electron chi connectivity index (χ4n) is 2.02. The largest absolute Gasteiger partial charge is 0.494 e. The summed E-state index contributed by atoms with van der Waals surface area (Å²) < 4.78 is 5.50. The van der Waals surface area contributed by atoms with Crippen molar-refractivity contribution in [1.29, 1.82) is 0 Å². The molecule has 0 aliphatic rings. The van der Waals surface area contributed by atoms with Gasteiger partial charge in [-0.15, -0.1) is 0 Å². The number of hydrogen-bond acceptors (Lipinski definition) is 2. The van der Waals surface area contributed by atoms with E-state index in [1.165, 1.54) is 6.08 Å². The third-order valence-electron chi connectivity index (χ3n) is 2.77. The molecule has 19 heavy (non-hydrogen) atoms. The van der Waals surface area contributed by atoms with Crippen LogP contribution >= 0.6 is 0 Å². The lowest BCUT2D eigenvalue weighted by Crippen LogP contribution is -1.99. The maximum absolute atomic E-state index is 10.9. The highest BCUT2D eigenvalue weighted by molar-refractivity contribution is 5.90. The molecule has 0 amide bonds. The van der Waals surface area contributed by atoms with E-state index in [0.717, 1.165) is 28.9 Å². The Bertz CT molecular complexity index is 473. The first-order valence-electron chi connectivity index (χ1n) is 6.61. The first-order chi connectivity index (χ1) is 8.93. The molecule has 0 radical (unpaired) electrons. The van der Waals surface area contributed by atoms with Gasteiger partial charge >= 0.3 is 5.97 Å². The van der Waals surface area contributed by atoms with E-state index in [0.29, 0.717) is 12.5 Å². The number of ether oxygens (including phenoxy) is 1. The monoisotopic (exact) mass is 262 g/mol. The molecule has 0 fully saturated rings. The van der Waals surface area contributed by atoms with Crippen molar-refractivity contribution in [1.82, 2.24) is 0 Å². The summed E-state index contributed by atoms with van der Waals surface area (Å²) in [5.74, 6) is 0.366. The summed E-state index contributed by atoms with van der Waals surface area (Å²) in [5, 5.41) is 8.97. The standard InChI is InChI=1S/C16H22O3/c1-5-19-15-7-6-13(9-12(15)4)14(8-11(2)3)10-16(17)18/h6-7,9-11H,5,8H2,1-4H3,(H,17,18)/b14-10+. The molecule has 1 N–H and O–H groups in total. The molecule has 1 aromatic rings. The molecule has 0 aliphatic carbocycles. The minimum Gasteiger partial charge on any atom is -0.494 e. The predicted octanol–water partition coefficient (Wildman–Crippen LogP) is 3.91. The van der Waals surface area contributed by atoms with Gasteiger partial charge in [0.2, 0.25) is 0 Å². The molecule has 0 spiro atoms. The van der Waals surface area contributed by atoms with E-state index >= 15 is 0 Å². The van der Waals surface area contributed by atoms with Gasteiger partial charge in [0, 0.05) is 6.08 Å². The molecular weight excluding hydrogens is 240 g/mol. The molecule has 0 bridgehead atoms. The highest BCUT2D eigenvalue weighted by Crippen LogP contribution is 2.27. The fraction of sp³-hybridized carbons (Fsp3) is 0.438. The molecule has 104 valence electrons. The van der Waals surface area contributed by atoms with Crippen LogP contribution in [0.3, 0.4) is 0 Å². The van der Waals surface area contributed by atoms with Crippen molar-refractivity contribution < 1.29 is 14.6 Å². The highest BCUT2D eigenvalue weighted by atomic mass is 16.5. The average Bonchev–Trinajstić information content (AvgIpc) is 2.30. The number of hydrogen-bond donors (Lipinski definition) is 1. The predicted molar refractivity (Wildman–Crippen MR) is 77.4 cm³/mol. The normalized spacial score (nSPS) is 11.7. The lowest BCUT2D eigenvalue weighted by molar-refractivity contribution is -0.131. The Balaban J connectivity index is 3.10. The van der Waals surface area contributed by atoms with E-state index in [4.69, 9.17) is 9.84 Å². The van der Waals surface area contributed by atoms with Crippen LogP contribution in [0.15, 0.2) is 24.3 Å². The van der Waals surface area contributed by atoms with E-state index in [9.17, 15) is 4.79 Å². The summed E-state index contributed by atoms with van der Waals surface area (Å²) in [5.41, 5.74) is 2.84. The quantitative estimate of drug-likeness (QED) is 0.791. The number of carbonyl (C=O) groups is 1. The Hall–Kier alpha value is -1.77. The minimum atomic E-state index is -0.901. The number of carboxylic acid groups (broad SMARTS) is 1. The van der Waals surface area contributed by atoms with Crippen LogP contribution < -0.4 is 4.74 Å². The van der Waals surface area contributed by atoms with Crippen molar-refractivity contribution in [2.75, 3.05) is 6.61 Å². The number of carboxylic acids is 1. The maximum Gasteiger partial charge on any atom is 0.328 e. The zero-order chi connectivity index (χ0) is 14.4. The van der Waals surface area contributed by atoms with Crippen molar-refractivity contribution in [2.24, 2.45) is 5.92 Å². The molecule has 3 nitrogen and oxygen atoms in total. The zero-order valence-corrected chi connectivity index (χ0v) is 12.1. The summed E-state index contributed by atoms with van der Waals surface area (Å²) in [4.78, 5) is 10.9. The molecule has 0 unspecified atom stereocenters. The van der Waals surface area contributed by atoms with Crippen molar-refractivity contribution >= 4 is 11.5 Å². The van der Waals surface area contributed by atoms with Crippen LogP contribution in [-0.4, -0.2) is 17.7 Å². The molecule has 0 aromatic heterocycles. The number of aryl methyl sites for hydroxylation is 1. The van der Waals surface area contributed by atoms with E-state index in [1.54, 1.807) is 0 Å². The van der Waals surface area contributed by atoms with E-state index < -0.39 is 5.97 Å². The number of benzene rings is 1. The molecule has 3 heteroatoms. The molecule has 0 heterocycles. The summed E-state index contributed by atoms with van der Waals surface area (Å²) in [6, 6.07) is 5.82. The third kappa shape index (κ3) is 4.78. The topological polar surface area (TPSA) is 46.5 Å². The van der Waals surface area contributed by atoms with Crippen LogP contribution in [0.5, 0.6) is 5.75 Å². The van der Waals surface area contributed by atoms with E-state index in [-0.39, 0.29) is 0 Å². The molecule has 0 atom stereocenters. The van der Waals surface area contributed by atoms with Gasteiger partial charge in [-0.25, -0.2) is 4.79 Å². The minimum absolute atomic E-state index is 0.414. The summed E-state index contributed by atoms with van der Waals surface area (Å²) >= 11 is 0. The van der Waals surface area contributed by atoms with Gasteiger partial charge in [0.15, 0.2) is 0 Å². The molecule has 0 saturated heterocycles. The van der Waals surface area contributed by atoms with Gasteiger partial charge in [0.1, 0.15) is 5.75 Å². The van der Waals surface area contributed by atoms with Crippen LogP contribution in [0.4, 0.5) is 0 Å². The van der Waals surface area contributed by atoms with Crippen molar-refractivity contribution in [3.63, 3.8) is 0 Å². The van der Waals surface area contributed by atoms with Gasteiger partial charge in [-0.1, -0.05) is 19.9 Å². The second-order valence-corrected chi connectivity index (χ2v) is 5.02. The second kappa shape index (κ2) is 6.98. The van der Waals surface area contributed by atoms with Gasteiger partial charge in [-0.3, -0.25) is 0 Å². The Morgan fingerprint density at radius 3 is 2.58 bits per heavy atom.